The zero-order valence-electron chi connectivity index (χ0n) is 13.3. The van der Waals surface area contributed by atoms with Crippen LogP contribution in [0.25, 0.3) is 0 Å². The van der Waals surface area contributed by atoms with Crippen molar-refractivity contribution < 1.29 is 24.2 Å². The molecule has 126 valence electrons. The lowest BCUT2D eigenvalue weighted by Crippen LogP contribution is -2.36. The standard InChI is InChI=1S/C17H23NO5/c1-22-15(17(20)21)10-12-6-8-14(9-7-12)23-11-16(19)18-13-4-2-3-5-13/h6-9,13,15H,2-5,10-11H2,1H3,(H,18,19)(H,20,21). The van der Waals surface area contributed by atoms with Crippen LogP contribution in [0.1, 0.15) is 31.2 Å². The van der Waals surface area contributed by atoms with Gasteiger partial charge in [-0.25, -0.2) is 4.79 Å². The minimum atomic E-state index is -0.989. The molecule has 0 radical (unpaired) electrons. The van der Waals surface area contributed by atoms with Crippen LogP contribution in [-0.2, 0) is 20.7 Å². The zero-order valence-corrected chi connectivity index (χ0v) is 13.3. The molecule has 2 rings (SSSR count). The van der Waals surface area contributed by atoms with Gasteiger partial charge in [0, 0.05) is 19.6 Å². The van der Waals surface area contributed by atoms with Gasteiger partial charge in [0.15, 0.2) is 12.7 Å². The van der Waals surface area contributed by atoms with E-state index in [2.05, 4.69) is 5.32 Å². The van der Waals surface area contributed by atoms with Crippen LogP contribution in [0.4, 0.5) is 0 Å². The first-order valence-corrected chi connectivity index (χ1v) is 7.85. The maximum absolute atomic E-state index is 11.8. The molecular formula is C17H23NO5. The van der Waals surface area contributed by atoms with Crippen LogP contribution in [0, 0.1) is 0 Å². The number of rotatable bonds is 8. The normalized spacial score (nSPS) is 16.0. The summed E-state index contributed by atoms with van der Waals surface area (Å²) in [5, 5.41) is 11.9. The Hall–Kier alpha value is -2.08. The van der Waals surface area contributed by atoms with Crippen molar-refractivity contribution in [2.24, 2.45) is 0 Å². The summed E-state index contributed by atoms with van der Waals surface area (Å²) in [4.78, 5) is 22.7. The van der Waals surface area contributed by atoms with Crippen LogP contribution in [0.3, 0.4) is 0 Å². The molecule has 1 saturated carbocycles. The third-order valence-electron chi connectivity index (χ3n) is 3.99. The van der Waals surface area contributed by atoms with Crippen molar-refractivity contribution in [2.45, 2.75) is 44.2 Å². The van der Waals surface area contributed by atoms with Gasteiger partial charge < -0.3 is 19.9 Å². The Morgan fingerprint density at radius 2 is 1.91 bits per heavy atom. The lowest BCUT2D eigenvalue weighted by molar-refractivity contribution is -0.148. The molecule has 1 atom stereocenters. The molecule has 1 unspecified atom stereocenters. The Morgan fingerprint density at radius 3 is 2.48 bits per heavy atom. The van der Waals surface area contributed by atoms with Crippen molar-refractivity contribution in [3.05, 3.63) is 29.8 Å². The van der Waals surface area contributed by atoms with E-state index in [1.54, 1.807) is 24.3 Å². The number of carboxylic acids is 1. The molecule has 6 nitrogen and oxygen atoms in total. The number of carboxylic acid groups (broad SMARTS) is 1. The second-order valence-corrected chi connectivity index (χ2v) is 5.75. The van der Waals surface area contributed by atoms with E-state index in [1.807, 2.05) is 0 Å². The number of methoxy groups -OCH3 is 1. The molecule has 2 N–H and O–H groups in total. The summed E-state index contributed by atoms with van der Waals surface area (Å²) in [6, 6.07) is 7.30. The van der Waals surface area contributed by atoms with Crippen molar-refractivity contribution in [2.75, 3.05) is 13.7 Å². The first kappa shape index (κ1) is 17.3. The minimum absolute atomic E-state index is 0.00827. The minimum Gasteiger partial charge on any atom is -0.484 e. The number of amides is 1. The summed E-state index contributed by atoms with van der Waals surface area (Å²) in [5.41, 5.74) is 0.835. The van der Waals surface area contributed by atoms with Crippen molar-refractivity contribution >= 4 is 11.9 Å². The number of carbonyl (C=O) groups is 2. The van der Waals surface area contributed by atoms with E-state index < -0.39 is 12.1 Å². The molecule has 0 saturated heterocycles. The van der Waals surface area contributed by atoms with Crippen LogP contribution >= 0.6 is 0 Å². The summed E-state index contributed by atoms with van der Waals surface area (Å²) in [6.07, 6.45) is 3.86. The summed E-state index contributed by atoms with van der Waals surface area (Å²) < 4.78 is 10.4. The van der Waals surface area contributed by atoms with E-state index in [0.717, 1.165) is 18.4 Å². The molecule has 6 heteroatoms. The van der Waals surface area contributed by atoms with Crippen LogP contribution in [0.5, 0.6) is 5.75 Å². The Kier molecular flexibility index (Phi) is 6.40. The Labute approximate surface area is 135 Å². The molecule has 0 aliphatic heterocycles. The summed E-state index contributed by atoms with van der Waals surface area (Å²) >= 11 is 0. The predicted octanol–water partition coefficient (Wildman–Crippen LogP) is 1.77. The van der Waals surface area contributed by atoms with Gasteiger partial charge >= 0.3 is 5.97 Å². The molecule has 23 heavy (non-hydrogen) atoms. The topological polar surface area (TPSA) is 84.9 Å². The highest BCUT2D eigenvalue weighted by Gasteiger charge is 2.18. The largest absolute Gasteiger partial charge is 0.484 e. The van der Waals surface area contributed by atoms with Crippen molar-refractivity contribution in [3.63, 3.8) is 0 Å². The highest BCUT2D eigenvalue weighted by Crippen LogP contribution is 2.18. The van der Waals surface area contributed by atoms with Gasteiger partial charge in [-0.05, 0) is 30.5 Å². The third kappa shape index (κ3) is 5.56. The van der Waals surface area contributed by atoms with E-state index in [-0.39, 0.29) is 25.0 Å². The molecule has 0 aromatic heterocycles. The summed E-state index contributed by atoms with van der Waals surface area (Å²) in [6.45, 7) is -0.00827. The van der Waals surface area contributed by atoms with Gasteiger partial charge in [0.1, 0.15) is 5.75 Å². The molecule has 1 aliphatic rings. The van der Waals surface area contributed by atoms with Gasteiger partial charge in [-0.3, -0.25) is 4.79 Å². The number of carbonyl (C=O) groups excluding carboxylic acids is 1. The van der Waals surface area contributed by atoms with Gasteiger partial charge in [-0.1, -0.05) is 25.0 Å². The summed E-state index contributed by atoms with van der Waals surface area (Å²) in [5.74, 6) is -0.512. The van der Waals surface area contributed by atoms with Gasteiger partial charge in [-0.2, -0.15) is 0 Å². The van der Waals surface area contributed by atoms with E-state index in [1.165, 1.54) is 20.0 Å². The maximum Gasteiger partial charge on any atom is 0.333 e. The smallest absolute Gasteiger partial charge is 0.333 e. The van der Waals surface area contributed by atoms with Gasteiger partial charge in [0.2, 0.25) is 0 Å². The molecule has 1 aromatic rings. The van der Waals surface area contributed by atoms with Gasteiger partial charge in [0.25, 0.3) is 5.91 Å². The fourth-order valence-corrected chi connectivity index (χ4v) is 2.70. The van der Waals surface area contributed by atoms with Crippen molar-refractivity contribution in [3.8, 4) is 5.75 Å². The molecular weight excluding hydrogens is 298 g/mol. The first-order valence-electron chi connectivity index (χ1n) is 7.85. The molecule has 1 aliphatic carbocycles. The van der Waals surface area contributed by atoms with E-state index in [9.17, 15) is 9.59 Å². The average Bonchev–Trinajstić information content (AvgIpc) is 3.04. The van der Waals surface area contributed by atoms with E-state index in [4.69, 9.17) is 14.6 Å². The number of benzene rings is 1. The second-order valence-electron chi connectivity index (χ2n) is 5.75. The molecule has 0 bridgehead atoms. The lowest BCUT2D eigenvalue weighted by Gasteiger charge is -2.13. The van der Waals surface area contributed by atoms with Crippen LogP contribution < -0.4 is 10.1 Å². The highest BCUT2D eigenvalue weighted by molar-refractivity contribution is 5.77. The van der Waals surface area contributed by atoms with Crippen molar-refractivity contribution in [1.82, 2.24) is 5.32 Å². The number of nitrogens with one attached hydrogen (secondary N) is 1. The SMILES string of the molecule is COC(Cc1ccc(OCC(=O)NC2CCCC2)cc1)C(=O)O. The number of aliphatic carboxylic acids is 1. The molecule has 0 spiro atoms. The fourth-order valence-electron chi connectivity index (χ4n) is 2.70. The Bertz CT molecular complexity index is 522. The average molecular weight is 321 g/mol. The van der Waals surface area contributed by atoms with Gasteiger partial charge in [0.05, 0.1) is 0 Å². The lowest BCUT2D eigenvalue weighted by atomic mass is 10.1. The predicted molar refractivity (Wildman–Crippen MR) is 84.5 cm³/mol. The molecule has 1 aromatic carbocycles. The first-order chi connectivity index (χ1) is 11.1. The maximum atomic E-state index is 11.8. The zero-order chi connectivity index (χ0) is 16.7. The van der Waals surface area contributed by atoms with E-state index in [0.29, 0.717) is 5.75 Å². The second kappa shape index (κ2) is 8.53. The summed E-state index contributed by atoms with van der Waals surface area (Å²) in [7, 11) is 1.37. The van der Waals surface area contributed by atoms with Crippen LogP contribution in [-0.4, -0.2) is 42.8 Å². The van der Waals surface area contributed by atoms with E-state index >= 15 is 0 Å². The molecule has 1 fully saturated rings. The fraction of sp³-hybridized carbons (Fsp3) is 0.529. The van der Waals surface area contributed by atoms with Crippen LogP contribution in [0.2, 0.25) is 0 Å². The van der Waals surface area contributed by atoms with Crippen molar-refractivity contribution in [1.29, 1.82) is 0 Å². The highest BCUT2D eigenvalue weighted by atomic mass is 16.5. The number of hydrogen-bond acceptors (Lipinski definition) is 4. The van der Waals surface area contributed by atoms with Crippen LogP contribution in [0.15, 0.2) is 24.3 Å². The molecule has 0 heterocycles. The quantitative estimate of drug-likeness (QED) is 0.762. The monoisotopic (exact) mass is 321 g/mol. The van der Waals surface area contributed by atoms with Gasteiger partial charge in [-0.15, -0.1) is 0 Å². The molecule has 1 amide bonds. The number of hydrogen-bond donors (Lipinski definition) is 2. The Morgan fingerprint density at radius 1 is 1.26 bits per heavy atom. The Balaban J connectivity index is 1.78. The number of ether oxygens (including phenoxy) is 2. The third-order valence-corrected chi connectivity index (χ3v) is 3.99.